The molecule has 1 amide bonds. The average molecular weight is 280 g/mol. The fourth-order valence-electron chi connectivity index (χ4n) is 2.98. The van der Waals surface area contributed by atoms with E-state index >= 15 is 0 Å². The Kier molecular flexibility index (Phi) is 4.60. The first-order chi connectivity index (χ1) is 9.50. The number of halogens is 1. The number of rotatable bonds is 5. The molecule has 110 valence electrons. The highest BCUT2D eigenvalue weighted by Crippen LogP contribution is 2.34. The summed E-state index contributed by atoms with van der Waals surface area (Å²) in [6.07, 6.45) is 3.19. The fraction of sp³-hybridized carbons (Fsp3) is 0.533. The number of amides is 1. The van der Waals surface area contributed by atoms with Crippen molar-refractivity contribution >= 4 is 11.6 Å². The quantitative estimate of drug-likeness (QED) is 0.868. The van der Waals surface area contributed by atoms with Crippen LogP contribution in [0.4, 0.5) is 10.1 Å². The monoisotopic (exact) mass is 280 g/mol. The summed E-state index contributed by atoms with van der Waals surface area (Å²) in [5, 5.41) is 9.83. The standard InChI is InChI=1S/C15H21FN2O2/c1-10(19)15-12(16)7-4-8-13(15)18(9-14(17)20)11-5-2-3-6-11/h4,7-8,10-11,19H,2-3,5-6,9H2,1H3,(H2,17,20)/t10-/m0/s1. The van der Waals surface area contributed by atoms with Crippen molar-refractivity contribution in [2.45, 2.75) is 44.8 Å². The van der Waals surface area contributed by atoms with Crippen molar-refractivity contribution in [3.05, 3.63) is 29.6 Å². The molecule has 4 nitrogen and oxygen atoms in total. The van der Waals surface area contributed by atoms with Gasteiger partial charge in [-0.2, -0.15) is 0 Å². The largest absolute Gasteiger partial charge is 0.389 e. The molecule has 1 aromatic rings. The SMILES string of the molecule is C[C@H](O)c1c(F)cccc1N(CC(N)=O)C1CCCC1. The Balaban J connectivity index is 2.42. The van der Waals surface area contributed by atoms with E-state index in [0.717, 1.165) is 25.7 Å². The van der Waals surface area contributed by atoms with E-state index in [-0.39, 0.29) is 18.2 Å². The minimum atomic E-state index is -0.928. The summed E-state index contributed by atoms with van der Waals surface area (Å²) in [6, 6.07) is 4.84. The van der Waals surface area contributed by atoms with Crippen LogP contribution in [0.5, 0.6) is 0 Å². The average Bonchev–Trinajstić information content (AvgIpc) is 2.88. The van der Waals surface area contributed by atoms with Crippen molar-refractivity contribution in [2.75, 3.05) is 11.4 Å². The van der Waals surface area contributed by atoms with Gasteiger partial charge in [-0.05, 0) is 31.9 Å². The zero-order valence-electron chi connectivity index (χ0n) is 11.7. The van der Waals surface area contributed by atoms with Crippen LogP contribution in [0.2, 0.25) is 0 Å². The van der Waals surface area contributed by atoms with Crippen LogP contribution in [0, 0.1) is 5.82 Å². The second-order valence-electron chi connectivity index (χ2n) is 5.38. The van der Waals surface area contributed by atoms with Gasteiger partial charge in [0, 0.05) is 17.3 Å². The summed E-state index contributed by atoms with van der Waals surface area (Å²) in [6.45, 7) is 1.58. The number of hydrogen-bond acceptors (Lipinski definition) is 3. The van der Waals surface area contributed by atoms with Gasteiger partial charge in [-0.25, -0.2) is 4.39 Å². The maximum Gasteiger partial charge on any atom is 0.236 e. The van der Waals surface area contributed by atoms with Gasteiger partial charge < -0.3 is 15.7 Å². The lowest BCUT2D eigenvalue weighted by Crippen LogP contribution is -2.41. The Morgan fingerprint density at radius 2 is 2.15 bits per heavy atom. The highest BCUT2D eigenvalue weighted by molar-refractivity contribution is 5.80. The van der Waals surface area contributed by atoms with E-state index < -0.39 is 17.8 Å². The van der Waals surface area contributed by atoms with Crippen LogP contribution in [0.15, 0.2) is 18.2 Å². The molecule has 1 aliphatic rings. The number of carbonyl (C=O) groups is 1. The Morgan fingerprint density at radius 1 is 1.50 bits per heavy atom. The fourth-order valence-corrected chi connectivity index (χ4v) is 2.98. The topological polar surface area (TPSA) is 66.6 Å². The summed E-state index contributed by atoms with van der Waals surface area (Å²) >= 11 is 0. The number of primary amides is 1. The third-order valence-electron chi connectivity index (χ3n) is 3.85. The normalized spacial score (nSPS) is 17.1. The Hall–Kier alpha value is -1.62. The number of aliphatic hydroxyl groups excluding tert-OH is 1. The van der Waals surface area contributed by atoms with E-state index in [1.54, 1.807) is 12.1 Å². The van der Waals surface area contributed by atoms with Gasteiger partial charge in [0.15, 0.2) is 0 Å². The third-order valence-corrected chi connectivity index (χ3v) is 3.85. The van der Waals surface area contributed by atoms with Crippen molar-refractivity contribution < 1.29 is 14.3 Å². The number of hydrogen-bond donors (Lipinski definition) is 2. The number of anilines is 1. The molecule has 0 aliphatic heterocycles. The first kappa shape index (κ1) is 14.8. The van der Waals surface area contributed by atoms with Crippen LogP contribution >= 0.6 is 0 Å². The smallest absolute Gasteiger partial charge is 0.236 e. The van der Waals surface area contributed by atoms with Crippen LogP contribution in [0.1, 0.15) is 44.3 Å². The number of aliphatic hydroxyl groups is 1. The molecule has 2 rings (SSSR count). The molecule has 3 N–H and O–H groups in total. The lowest BCUT2D eigenvalue weighted by molar-refractivity contribution is -0.116. The molecular weight excluding hydrogens is 259 g/mol. The van der Waals surface area contributed by atoms with E-state index in [0.29, 0.717) is 5.69 Å². The van der Waals surface area contributed by atoms with E-state index in [9.17, 15) is 14.3 Å². The zero-order chi connectivity index (χ0) is 14.7. The predicted octanol–water partition coefficient (Wildman–Crippen LogP) is 2.11. The molecule has 1 saturated carbocycles. The summed E-state index contributed by atoms with van der Waals surface area (Å²) in [7, 11) is 0. The van der Waals surface area contributed by atoms with Gasteiger partial charge in [-0.1, -0.05) is 18.9 Å². The minimum Gasteiger partial charge on any atom is -0.389 e. The van der Waals surface area contributed by atoms with Crippen LogP contribution in [0.3, 0.4) is 0 Å². The number of nitrogens with two attached hydrogens (primary N) is 1. The molecule has 0 aromatic heterocycles. The van der Waals surface area contributed by atoms with Gasteiger partial charge in [0.2, 0.25) is 5.91 Å². The van der Waals surface area contributed by atoms with Gasteiger partial charge in [0.1, 0.15) is 5.82 Å². The molecule has 1 aliphatic carbocycles. The Morgan fingerprint density at radius 3 is 2.70 bits per heavy atom. The molecular formula is C15H21FN2O2. The van der Waals surface area contributed by atoms with Crippen molar-refractivity contribution in [3.8, 4) is 0 Å². The maximum absolute atomic E-state index is 14.0. The number of nitrogens with zero attached hydrogens (tertiary/aromatic N) is 1. The van der Waals surface area contributed by atoms with Crippen LogP contribution in [-0.2, 0) is 4.79 Å². The van der Waals surface area contributed by atoms with E-state index in [2.05, 4.69) is 0 Å². The van der Waals surface area contributed by atoms with Gasteiger partial charge in [-0.15, -0.1) is 0 Å². The summed E-state index contributed by atoms with van der Waals surface area (Å²) in [5.74, 6) is -0.900. The van der Waals surface area contributed by atoms with Crippen molar-refractivity contribution in [3.63, 3.8) is 0 Å². The molecule has 0 bridgehead atoms. The van der Waals surface area contributed by atoms with Crippen LogP contribution in [-0.4, -0.2) is 23.6 Å². The molecule has 1 aromatic carbocycles. The summed E-state index contributed by atoms with van der Waals surface area (Å²) in [5.41, 5.74) is 6.14. The molecule has 0 radical (unpaired) electrons. The van der Waals surface area contributed by atoms with E-state index in [4.69, 9.17) is 5.73 Å². The Labute approximate surface area is 118 Å². The van der Waals surface area contributed by atoms with Gasteiger partial charge >= 0.3 is 0 Å². The highest BCUT2D eigenvalue weighted by Gasteiger charge is 2.27. The zero-order valence-corrected chi connectivity index (χ0v) is 11.7. The van der Waals surface area contributed by atoms with Crippen molar-refractivity contribution in [2.24, 2.45) is 5.73 Å². The van der Waals surface area contributed by atoms with E-state index in [1.807, 2.05) is 4.90 Å². The first-order valence-corrected chi connectivity index (χ1v) is 7.02. The molecule has 1 atom stereocenters. The molecule has 0 saturated heterocycles. The molecule has 0 unspecified atom stereocenters. The summed E-state index contributed by atoms with van der Waals surface area (Å²) in [4.78, 5) is 13.2. The van der Waals surface area contributed by atoms with Crippen LogP contribution in [0.25, 0.3) is 0 Å². The minimum absolute atomic E-state index is 0.0494. The van der Waals surface area contributed by atoms with E-state index in [1.165, 1.54) is 13.0 Å². The molecule has 5 heteroatoms. The van der Waals surface area contributed by atoms with Crippen molar-refractivity contribution in [1.29, 1.82) is 0 Å². The lowest BCUT2D eigenvalue weighted by atomic mass is 10.0. The molecule has 20 heavy (non-hydrogen) atoms. The maximum atomic E-state index is 14.0. The van der Waals surface area contributed by atoms with Crippen molar-refractivity contribution in [1.82, 2.24) is 0 Å². The van der Waals surface area contributed by atoms with Gasteiger partial charge in [0.05, 0.1) is 12.6 Å². The highest BCUT2D eigenvalue weighted by atomic mass is 19.1. The molecule has 1 fully saturated rings. The Bertz CT molecular complexity index is 485. The van der Waals surface area contributed by atoms with Gasteiger partial charge in [-0.3, -0.25) is 4.79 Å². The third kappa shape index (κ3) is 3.10. The predicted molar refractivity (Wildman–Crippen MR) is 75.8 cm³/mol. The number of benzene rings is 1. The number of carbonyl (C=O) groups excluding carboxylic acids is 1. The first-order valence-electron chi connectivity index (χ1n) is 7.02. The van der Waals surface area contributed by atoms with Gasteiger partial charge in [0.25, 0.3) is 0 Å². The molecule has 0 spiro atoms. The van der Waals surface area contributed by atoms with Crippen LogP contribution < -0.4 is 10.6 Å². The second kappa shape index (κ2) is 6.22. The second-order valence-corrected chi connectivity index (χ2v) is 5.38. The molecule has 0 heterocycles. The lowest BCUT2D eigenvalue weighted by Gasteiger charge is -2.32. The summed E-state index contributed by atoms with van der Waals surface area (Å²) < 4.78 is 14.0.